The topological polar surface area (TPSA) is 76.1 Å². The molecule has 2 aromatic rings. The van der Waals surface area contributed by atoms with Crippen LogP contribution in [0.15, 0.2) is 17.5 Å². The van der Waals surface area contributed by atoms with Gasteiger partial charge in [-0.15, -0.1) is 11.3 Å². The molecular weight excluding hydrogens is 360 g/mol. The summed E-state index contributed by atoms with van der Waals surface area (Å²) in [5, 5.41) is 5.35. The number of carbonyl (C=O) groups excluding carboxylic acids is 3. The number of nitrogens with one attached hydrogen (secondary N) is 1. The normalized spacial score (nSPS) is 19.6. The van der Waals surface area contributed by atoms with E-state index in [1.807, 2.05) is 39.8 Å². The minimum atomic E-state index is -0.660. The zero-order valence-corrected chi connectivity index (χ0v) is 16.9. The molecule has 3 rings (SSSR count). The number of hydrogen-bond donors (Lipinski definition) is 1. The van der Waals surface area contributed by atoms with E-state index >= 15 is 0 Å². The second-order valence-corrected chi connectivity index (χ2v) is 8.37. The Morgan fingerprint density at radius 3 is 2.44 bits per heavy atom. The minimum Gasteiger partial charge on any atom is -0.351 e. The van der Waals surface area contributed by atoms with Crippen molar-refractivity contribution in [2.75, 3.05) is 6.54 Å². The van der Waals surface area contributed by atoms with Gasteiger partial charge >= 0.3 is 0 Å². The fourth-order valence-electron chi connectivity index (χ4n) is 3.97. The molecule has 1 saturated carbocycles. The number of aryl methyl sites for hydroxylation is 4. The number of benzene rings is 1. The summed E-state index contributed by atoms with van der Waals surface area (Å²) in [4.78, 5) is 41.7. The summed E-state index contributed by atoms with van der Waals surface area (Å²) >= 11 is 1.42. The highest BCUT2D eigenvalue weighted by molar-refractivity contribution is 7.09. The monoisotopic (exact) mass is 384 g/mol. The van der Waals surface area contributed by atoms with Gasteiger partial charge in [0.15, 0.2) is 5.78 Å². The fourth-order valence-corrected chi connectivity index (χ4v) is 4.56. The van der Waals surface area contributed by atoms with Gasteiger partial charge in [-0.25, -0.2) is 4.98 Å². The van der Waals surface area contributed by atoms with Crippen molar-refractivity contribution in [3.63, 3.8) is 0 Å². The molecule has 2 atom stereocenters. The van der Waals surface area contributed by atoms with Crippen molar-refractivity contribution in [1.82, 2.24) is 10.3 Å². The van der Waals surface area contributed by atoms with Crippen LogP contribution in [-0.2, 0) is 9.59 Å². The van der Waals surface area contributed by atoms with Crippen molar-refractivity contribution < 1.29 is 14.4 Å². The molecule has 1 aliphatic carbocycles. The number of amides is 1. The number of nitrogens with zero attached hydrogens (tertiary/aromatic N) is 1. The zero-order chi connectivity index (χ0) is 19.7. The molecule has 6 heteroatoms. The standard InChI is InChI=1S/C21H24N2O3S/c1-11-7-12(2)18(13(3)8-11)19-17(24)9-15(20(19)25)5-6-22-21(26)16-10-27-14(4)23-16/h7-8,10,15,19H,5-6,9H2,1-4H3,(H,22,26). The summed E-state index contributed by atoms with van der Waals surface area (Å²) in [5.74, 6) is -1.26. The van der Waals surface area contributed by atoms with Crippen LogP contribution in [0.2, 0.25) is 0 Å². The molecular formula is C21H24N2O3S. The molecule has 0 saturated heterocycles. The van der Waals surface area contributed by atoms with Gasteiger partial charge < -0.3 is 5.32 Å². The third-order valence-electron chi connectivity index (χ3n) is 5.11. The third-order valence-corrected chi connectivity index (χ3v) is 5.89. The number of aromatic nitrogens is 1. The quantitative estimate of drug-likeness (QED) is 0.801. The van der Waals surface area contributed by atoms with E-state index in [0.29, 0.717) is 18.7 Å². The van der Waals surface area contributed by atoms with E-state index in [4.69, 9.17) is 0 Å². The lowest BCUT2D eigenvalue weighted by atomic mass is 9.86. The number of thiazole rings is 1. The van der Waals surface area contributed by atoms with Crippen LogP contribution in [-0.4, -0.2) is 29.0 Å². The van der Waals surface area contributed by atoms with Crippen LogP contribution in [0.5, 0.6) is 0 Å². The molecule has 1 aromatic heterocycles. The molecule has 27 heavy (non-hydrogen) atoms. The molecule has 0 bridgehead atoms. The maximum Gasteiger partial charge on any atom is 0.270 e. The average Bonchev–Trinajstić information content (AvgIpc) is 3.12. The predicted molar refractivity (Wildman–Crippen MR) is 105 cm³/mol. The van der Waals surface area contributed by atoms with Gasteiger partial charge in [-0.05, 0) is 50.8 Å². The Morgan fingerprint density at radius 2 is 1.85 bits per heavy atom. The summed E-state index contributed by atoms with van der Waals surface area (Å²) in [5.41, 5.74) is 4.37. The van der Waals surface area contributed by atoms with Gasteiger partial charge in [0.1, 0.15) is 17.4 Å². The highest BCUT2D eigenvalue weighted by Crippen LogP contribution is 2.37. The molecule has 0 radical (unpaired) electrons. The Morgan fingerprint density at radius 1 is 1.19 bits per heavy atom. The number of ketones is 2. The molecule has 1 N–H and O–H groups in total. The van der Waals surface area contributed by atoms with Crippen LogP contribution in [0.3, 0.4) is 0 Å². The second kappa shape index (κ2) is 7.72. The van der Waals surface area contributed by atoms with Crippen LogP contribution in [0.1, 0.15) is 56.5 Å². The maximum atomic E-state index is 12.9. The van der Waals surface area contributed by atoms with Crippen molar-refractivity contribution in [1.29, 1.82) is 0 Å². The molecule has 1 amide bonds. The van der Waals surface area contributed by atoms with Gasteiger partial charge in [-0.1, -0.05) is 17.7 Å². The maximum absolute atomic E-state index is 12.9. The molecule has 1 aliphatic rings. The van der Waals surface area contributed by atoms with E-state index < -0.39 is 5.92 Å². The Bertz CT molecular complexity index is 893. The van der Waals surface area contributed by atoms with E-state index in [9.17, 15) is 14.4 Å². The van der Waals surface area contributed by atoms with Gasteiger partial charge in [-0.2, -0.15) is 0 Å². The summed E-state index contributed by atoms with van der Waals surface area (Å²) in [7, 11) is 0. The second-order valence-electron chi connectivity index (χ2n) is 7.31. The lowest BCUT2D eigenvalue weighted by Crippen LogP contribution is -2.27. The van der Waals surface area contributed by atoms with Crippen molar-refractivity contribution in [3.05, 3.63) is 50.5 Å². The van der Waals surface area contributed by atoms with E-state index in [2.05, 4.69) is 10.3 Å². The first kappa shape index (κ1) is 19.4. The van der Waals surface area contributed by atoms with Crippen LogP contribution in [0, 0.1) is 33.6 Å². The molecule has 1 aromatic carbocycles. The zero-order valence-electron chi connectivity index (χ0n) is 16.1. The van der Waals surface area contributed by atoms with Crippen molar-refractivity contribution >= 4 is 28.8 Å². The molecule has 142 valence electrons. The number of carbonyl (C=O) groups is 3. The number of rotatable bonds is 5. The predicted octanol–water partition coefficient (Wildman–Crippen LogP) is 3.44. The molecule has 5 nitrogen and oxygen atoms in total. The lowest BCUT2D eigenvalue weighted by Gasteiger charge is -2.16. The first-order chi connectivity index (χ1) is 12.8. The largest absolute Gasteiger partial charge is 0.351 e. The summed E-state index contributed by atoms with van der Waals surface area (Å²) in [6.45, 7) is 8.13. The van der Waals surface area contributed by atoms with Gasteiger partial charge in [-0.3, -0.25) is 14.4 Å². The molecule has 1 fully saturated rings. The Kier molecular flexibility index (Phi) is 5.56. The van der Waals surface area contributed by atoms with Crippen LogP contribution in [0.4, 0.5) is 0 Å². The van der Waals surface area contributed by atoms with Gasteiger partial charge in [0.25, 0.3) is 5.91 Å². The average molecular weight is 385 g/mol. The van der Waals surface area contributed by atoms with E-state index in [1.165, 1.54) is 11.3 Å². The van der Waals surface area contributed by atoms with Crippen molar-refractivity contribution in [3.8, 4) is 0 Å². The fraction of sp³-hybridized carbons (Fsp3) is 0.429. The third kappa shape index (κ3) is 4.00. The van der Waals surface area contributed by atoms with Crippen LogP contribution in [0.25, 0.3) is 0 Å². The van der Waals surface area contributed by atoms with Crippen LogP contribution >= 0.6 is 11.3 Å². The lowest BCUT2D eigenvalue weighted by molar-refractivity contribution is -0.124. The summed E-state index contributed by atoms with van der Waals surface area (Å²) in [6.07, 6.45) is 0.724. The molecule has 2 unspecified atom stereocenters. The highest BCUT2D eigenvalue weighted by Gasteiger charge is 2.42. The number of Topliss-reactive ketones (excluding diaryl/α,β-unsaturated/α-hetero) is 2. The Hall–Kier alpha value is -2.34. The first-order valence-corrected chi connectivity index (χ1v) is 10.0. The van der Waals surface area contributed by atoms with E-state index in [-0.39, 0.29) is 29.8 Å². The summed E-state index contributed by atoms with van der Waals surface area (Å²) in [6, 6.07) is 4.04. The van der Waals surface area contributed by atoms with Crippen molar-refractivity contribution in [2.24, 2.45) is 5.92 Å². The minimum absolute atomic E-state index is 0.0125. The van der Waals surface area contributed by atoms with E-state index in [0.717, 1.165) is 27.3 Å². The molecule has 0 spiro atoms. The number of hydrogen-bond acceptors (Lipinski definition) is 5. The van der Waals surface area contributed by atoms with E-state index in [1.54, 1.807) is 5.38 Å². The smallest absolute Gasteiger partial charge is 0.270 e. The first-order valence-electron chi connectivity index (χ1n) is 9.12. The van der Waals surface area contributed by atoms with Gasteiger partial charge in [0.05, 0.1) is 5.01 Å². The molecule has 0 aliphatic heterocycles. The Balaban J connectivity index is 1.65. The van der Waals surface area contributed by atoms with Crippen LogP contribution < -0.4 is 5.32 Å². The van der Waals surface area contributed by atoms with Crippen molar-refractivity contribution in [2.45, 2.75) is 46.5 Å². The molecule has 1 heterocycles. The Labute approximate surface area is 163 Å². The SMILES string of the molecule is Cc1cc(C)c(C2C(=O)CC(CCNC(=O)c3csc(C)n3)C2=O)c(C)c1. The van der Waals surface area contributed by atoms with Gasteiger partial charge in [0, 0.05) is 24.3 Å². The summed E-state index contributed by atoms with van der Waals surface area (Å²) < 4.78 is 0. The van der Waals surface area contributed by atoms with Gasteiger partial charge in [0.2, 0.25) is 0 Å². The highest BCUT2D eigenvalue weighted by atomic mass is 32.1.